The Balaban J connectivity index is 1.52. The van der Waals surface area contributed by atoms with Gasteiger partial charge in [-0.15, -0.1) is 0 Å². The topological polar surface area (TPSA) is 93.4 Å². The van der Waals surface area contributed by atoms with Crippen LogP contribution in [0.3, 0.4) is 0 Å². The summed E-state index contributed by atoms with van der Waals surface area (Å²) in [4.78, 5) is 17.4. The monoisotopic (exact) mass is 422 g/mol. The van der Waals surface area contributed by atoms with Crippen molar-refractivity contribution < 1.29 is 13.2 Å². The molecular weight excluding hydrogens is 400 g/mol. The number of sulfone groups is 1. The molecule has 0 saturated heterocycles. The predicted molar refractivity (Wildman–Crippen MR) is 116 cm³/mol. The zero-order valence-corrected chi connectivity index (χ0v) is 17.8. The molecule has 0 radical (unpaired) electrons. The van der Waals surface area contributed by atoms with Crippen molar-refractivity contribution in [2.45, 2.75) is 31.6 Å². The molecule has 8 heteroatoms. The first-order valence-corrected chi connectivity index (χ1v) is 11.5. The maximum absolute atomic E-state index is 12.4. The van der Waals surface area contributed by atoms with E-state index in [4.69, 9.17) is 4.98 Å². The van der Waals surface area contributed by atoms with Crippen LogP contribution in [-0.2, 0) is 21.1 Å². The summed E-state index contributed by atoms with van der Waals surface area (Å²) in [7, 11) is -3.26. The van der Waals surface area contributed by atoms with E-state index in [-0.39, 0.29) is 17.2 Å². The lowest BCUT2D eigenvalue weighted by Crippen LogP contribution is -2.14. The van der Waals surface area contributed by atoms with Crippen LogP contribution in [-0.4, -0.2) is 35.2 Å². The number of fused-ring (bicyclic) bond motifs is 3. The minimum Gasteiger partial charge on any atom is -0.326 e. The fourth-order valence-electron chi connectivity index (χ4n) is 3.59. The summed E-state index contributed by atoms with van der Waals surface area (Å²) in [5.41, 5.74) is 5.13. The lowest BCUT2D eigenvalue weighted by atomic mass is 10.1. The molecule has 0 atom stereocenters. The third-order valence-electron chi connectivity index (χ3n) is 5.19. The summed E-state index contributed by atoms with van der Waals surface area (Å²) in [5.74, 6) is -0.147. The summed E-state index contributed by atoms with van der Waals surface area (Å²) >= 11 is 0. The van der Waals surface area contributed by atoms with Crippen LogP contribution in [0.1, 0.15) is 23.4 Å². The number of hydrogen-bond acceptors (Lipinski definition) is 5. The van der Waals surface area contributed by atoms with Gasteiger partial charge in [-0.1, -0.05) is 12.1 Å². The molecule has 0 spiro atoms. The van der Waals surface area contributed by atoms with Gasteiger partial charge in [0.15, 0.2) is 15.5 Å². The van der Waals surface area contributed by atoms with E-state index < -0.39 is 9.84 Å². The number of aromatic nitrogens is 3. The third kappa shape index (κ3) is 3.78. The van der Waals surface area contributed by atoms with Crippen molar-refractivity contribution in [1.82, 2.24) is 14.6 Å². The van der Waals surface area contributed by atoms with Gasteiger partial charge in [0.1, 0.15) is 0 Å². The van der Waals surface area contributed by atoms with Gasteiger partial charge in [0.2, 0.25) is 5.91 Å². The van der Waals surface area contributed by atoms with Gasteiger partial charge in [-0.25, -0.2) is 17.9 Å². The number of amides is 1. The smallest absolute Gasteiger partial charge is 0.224 e. The molecule has 2 aromatic carbocycles. The largest absolute Gasteiger partial charge is 0.326 e. The fourth-order valence-corrected chi connectivity index (χ4v) is 4.22. The maximum Gasteiger partial charge on any atom is 0.224 e. The van der Waals surface area contributed by atoms with Crippen molar-refractivity contribution >= 4 is 38.0 Å². The molecular formula is C22H22N4O3S. The van der Waals surface area contributed by atoms with Crippen molar-refractivity contribution in [2.24, 2.45) is 0 Å². The summed E-state index contributed by atoms with van der Waals surface area (Å²) in [6.45, 7) is 3.94. The molecule has 154 valence electrons. The van der Waals surface area contributed by atoms with Crippen LogP contribution in [0.15, 0.2) is 53.4 Å². The fraction of sp³-hybridized carbons (Fsp3) is 0.227. The highest BCUT2D eigenvalue weighted by atomic mass is 32.2. The molecule has 4 aromatic rings. The van der Waals surface area contributed by atoms with Crippen molar-refractivity contribution in [1.29, 1.82) is 0 Å². The number of rotatable bonds is 5. The van der Waals surface area contributed by atoms with E-state index in [0.29, 0.717) is 12.1 Å². The van der Waals surface area contributed by atoms with Crippen LogP contribution < -0.4 is 5.32 Å². The molecule has 0 saturated carbocycles. The standard InChI is InChI=1S/C22H22N4O3S/c1-14-18(15(2)26-22(23-14)19-6-4-5-7-20(19)25-26)12-13-21(27)24-16-8-10-17(11-9-16)30(3,28)29/h4-11H,12-13H2,1-3H3,(H,24,27). The first kappa shape index (κ1) is 20.0. The van der Waals surface area contributed by atoms with Crippen LogP contribution in [0.4, 0.5) is 5.69 Å². The van der Waals surface area contributed by atoms with E-state index in [1.165, 1.54) is 12.1 Å². The second-order valence-corrected chi connectivity index (χ2v) is 9.37. The highest BCUT2D eigenvalue weighted by Gasteiger charge is 2.15. The average molecular weight is 423 g/mol. The summed E-state index contributed by atoms with van der Waals surface area (Å²) in [5, 5.41) is 8.46. The number of nitrogens with zero attached hydrogens (tertiary/aromatic N) is 3. The SMILES string of the molecule is Cc1nc2c3ccccc3nn2c(C)c1CCC(=O)Nc1ccc(S(C)(=O)=O)cc1. The molecule has 1 amide bonds. The minimum atomic E-state index is -3.26. The zero-order valence-electron chi connectivity index (χ0n) is 17.0. The number of carbonyl (C=O) groups is 1. The second-order valence-electron chi connectivity index (χ2n) is 7.36. The van der Waals surface area contributed by atoms with Crippen molar-refractivity contribution in [3.05, 3.63) is 65.5 Å². The van der Waals surface area contributed by atoms with E-state index in [9.17, 15) is 13.2 Å². The summed E-state index contributed by atoms with van der Waals surface area (Å²) < 4.78 is 24.9. The molecule has 2 aromatic heterocycles. The number of carbonyl (C=O) groups excluding carboxylic acids is 1. The lowest BCUT2D eigenvalue weighted by Gasteiger charge is -2.11. The molecule has 0 aliphatic rings. The molecule has 30 heavy (non-hydrogen) atoms. The van der Waals surface area contributed by atoms with Crippen LogP contribution >= 0.6 is 0 Å². The van der Waals surface area contributed by atoms with E-state index in [2.05, 4.69) is 10.4 Å². The first-order valence-electron chi connectivity index (χ1n) is 9.57. The molecule has 0 fully saturated rings. The van der Waals surface area contributed by atoms with Gasteiger partial charge in [0.05, 0.1) is 10.4 Å². The Morgan fingerprint density at radius 3 is 2.47 bits per heavy atom. The number of anilines is 1. The molecule has 4 rings (SSSR count). The molecule has 1 N–H and O–H groups in total. The van der Waals surface area contributed by atoms with Crippen LogP contribution in [0.25, 0.3) is 16.6 Å². The Bertz CT molecular complexity index is 1370. The summed E-state index contributed by atoms with van der Waals surface area (Å²) in [6, 6.07) is 14.0. The van der Waals surface area contributed by atoms with Crippen LogP contribution in [0.2, 0.25) is 0 Å². The molecule has 0 bridgehead atoms. The zero-order chi connectivity index (χ0) is 21.5. The Morgan fingerprint density at radius 2 is 1.77 bits per heavy atom. The molecule has 0 aliphatic heterocycles. The Kier molecular flexibility index (Phi) is 5.03. The number of hydrogen-bond donors (Lipinski definition) is 1. The second kappa shape index (κ2) is 7.53. The van der Waals surface area contributed by atoms with Crippen LogP contribution in [0.5, 0.6) is 0 Å². The van der Waals surface area contributed by atoms with E-state index in [1.54, 1.807) is 12.1 Å². The maximum atomic E-state index is 12.4. The molecule has 0 aliphatic carbocycles. The van der Waals surface area contributed by atoms with E-state index in [0.717, 1.165) is 39.8 Å². The highest BCUT2D eigenvalue weighted by molar-refractivity contribution is 7.90. The van der Waals surface area contributed by atoms with Gasteiger partial charge in [-0.05, 0) is 62.2 Å². The normalized spacial score (nSPS) is 11.8. The Morgan fingerprint density at radius 1 is 1.07 bits per heavy atom. The van der Waals surface area contributed by atoms with Gasteiger partial charge in [-0.2, -0.15) is 5.10 Å². The number of aryl methyl sites for hydroxylation is 2. The van der Waals surface area contributed by atoms with Gasteiger partial charge < -0.3 is 5.32 Å². The first-order chi connectivity index (χ1) is 14.2. The van der Waals surface area contributed by atoms with Crippen LogP contribution in [0, 0.1) is 13.8 Å². The van der Waals surface area contributed by atoms with Gasteiger partial charge in [0.25, 0.3) is 0 Å². The van der Waals surface area contributed by atoms with Gasteiger partial charge >= 0.3 is 0 Å². The molecule has 2 heterocycles. The van der Waals surface area contributed by atoms with E-state index in [1.807, 2.05) is 42.6 Å². The van der Waals surface area contributed by atoms with E-state index >= 15 is 0 Å². The molecule has 0 unspecified atom stereocenters. The van der Waals surface area contributed by atoms with Crippen molar-refractivity contribution in [3.8, 4) is 0 Å². The van der Waals surface area contributed by atoms with Crippen molar-refractivity contribution in [2.75, 3.05) is 11.6 Å². The van der Waals surface area contributed by atoms with Crippen molar-refractivity contribution in [3.63, 3.8) is 0 Å². The lowest BCUT2D eigenvalue weighted by molar-refractivity contribution is -0.116. The number of nitrogens with one attached hydrogen (secondary N) is 1. The minimum absolute atomic E-state index is 0.147. The quantitative estimate of drug-likeness (QED) is 0.531. The Labute approximate surface area is 174 Å². The molecule has 7 nitrogen and oxygen atoms in total. The number of benzene rings is 2. The Hall–Kier alpha value is -3.26. The highest BCUT2D eigenvalue weighted by Crippen LogP contribution is 2.23. The van der Waals surface area contributed by atoms with Gasteiger partial charge in [0, 0.05) is 35.1 Å². The third-order valence-corrected chi connectivity index (χ3v) is 6.31. The van der Waals surface area contributed by atoms with Gasteiger partial charge in [-0.3, -0.25) is 4.79 Å². The summed E-state index contributed by atoms with van der Waals surface area (Å²) in [6.07, 6.45) is 1.96. The predicted octanol–water partition coefficient (Wildman–Crippen LogP) is 3.47. The average Bonchev–Trinajstić information content (AvgIpc) is 3.06.